The smallest absolute Gasteiger partial charge is 0.125 e. The molecular formula is C10H16N4. The minimum atomic E-state index is 0.520. The van der Waals surface area contributed by atoms with Gasteiger partial charge in [0.05, 0.1) is 0 Å². The molecule has 4 nitrogen and oxygen atoms in total. The molecule has 1 aliphatic rings. The molecule has 2 atom stereocenters. The summed E-state index contributed by atoms with van der Waals surface area (Å²) in [5.74, 6) is 1.57. The molecule has 2 rings (SSSR count). The standard InChI is InChI=1S/C10H16N4/c1-8-9(7-13-14-8)6-12-10-4-2-3-5-11-10/h2-5,8-9,13-14H,6-7H2,1H3,(H,11,12). The zero-order valence-corrected chi connectivity index (χ0v) is 8.33. The lowest BCUT2D eigenvalue weighted by atomic mass is 10.0. The van der Waals surface area contributed by atoms with Gasteiger partial charge in [-0.1, -0.05) is 6.07 Å². The fourth-order valence-corrected chi connectivity index (χ4v) is 1.60. The Balaban J connectivity index is 1.82. The molecule has 0 saturated carbocycles. The van der Waals surface area contributed by atoms with Crippen molar-refractivity contribution in [2.24, 2.45) is 5.92 Å². The maximum atomic E-state index is 4.21. The molecule has 0 aliphatic carbocycles. The highest BCUT2D eigenvalue weighted by molar-refractivity contribution is 5.33. The van der Waals surface area contributed by atoms with Crippen LogP contribution in [-0.4, -0.2) is 24.1 Å². The van der Waals surface area contributed by atoms with E-state index in [1.807, 2.05) is 18.2 Å². The second-order valence-corrected chi connectivity index (χ2v) is 3.67. The summed E-state index contributed by atoms with van der Waals surface area (Å²) in [6.45, 7) is 4.16. The zero-order chi connectivity index (χ0) is 9.80. The van der Waals surface area contributed by atoms with Gasteiger partial charge in [-0.25, -0.2) is 4.98 Å². The molecule has 0 spiro atoms. The molecular weight excluding hydrogens is 176 g/mol. The van der Waals surface area contributed by atoms with Gasteiger partial charge >= 0.3 is 0 Å². The summed E-state index contributed by atoms with van der Waals surface area (Å²) in [5.41, 5.74) is 6.34. The van der Waals surface area contributed by atoms with Crippen molar-refractivity contribution in [1.82, 2.24) is 15.8 Å². The minimum absolute atomic E-state index is 0.520. The Morgan fingerprint density at radius 1 is 1.57 bits per heavy atom. The summed E-state index contributed by atoms with van der Waals surface area (Å²) in [6, 6.07) is 6.42. The summed E-state index contributed by atoms with van der Waals surface area (Å²) in [5, 5.41) is 3.33. The largest absolute Gasteiger partial charge is 0.370 e. The zero-order valence-electron chi connectivity index (χ0n) is 8.33. The SMILES string of the molecule is CC1NNCC1CNc1ccccn1. The third-order valence-corrected chi connectivity index (χ3v) is 2.61. The average molecular weight is 192 g/mol. The van der Waals surface area contributed by atoms with Crippen LogP contribution in [-0.2, 0) is 0 Å². The van der Waals surface area contributed by atoms with Crippen LogP contribution in [0, 0.1) is 5.92 Å². The van der Waals surface area contributed by atoms with Crippen molar-refractivity contribution < 1.29 is 0 Å². The topological polar surface area (TPSA) is 49.0 Å². The molecule has 0 aromatic carbocycles. The number of hydrazine groups is 1. The first-order valence-corrected chi connectivity index (χ1v) is 4.99. The van der Waals surface area contributed by atoms with Crippen molar-refractivity contribution in [2.45, 2.75) is 13.0 Å². The van der Waals surface area contributed by atoms with Crippen LogP contribution in [0.25, 0.3) is 0 Å². The third kappa shape index (κ3) is 2.21. The lowest BCUT2D eigenvalue weighted by Crippen LogP contribution is -2.30. The van der Waals surface area contributed by atoms with Crippen molar-refractivity contribution in [1.29, 1.82) is 0 Å². The van der Waals surface area contributed by atoms with Crippen molar-refractivity contribution in [3.05, 3.63) is 24.4 Å². The van der Waals surface area contributed by atoms with E-state index in [9.17, 15) is 0 Å². The maximum Gasteiger partial charge on any atom is 0.125 e. The Morgan fingerprint density at radius 3 is 3.14 bits per heavy atom. The predicted molar refractivity (Wildman–Crippen MR) is 56.8 cm³/mol. The fraction of sp³-hybridized carbons (Fsp3) is 0.500. The molecule has 0 bridgehead atoms. The van der Waals surface area contributed by atoms with Gasteiger partial charge in [-0.05, 0) is 19.1 Å². The number of rotatable bonds is 3. The van der Waals surface area contributed by atoms with Crippen LogP contribution in [0.3, 0.4) is 0 Å². The number of hydrogen-bond donors (Lipinski definition) is 3. The molecule has 3 N–H and O–H groups in total. The van der Waals surface area contributed by atoms with Crippen LogP contribution in [0.5, 0.6) is 0 Å². The van der Waals surface area contributed by atoms with Gasteiger partial charge in [-0.3, -0.25) is 10.9 Å². The van der Waals surface area contributed by atoms with Gasteiger partial charge in [-0.15, -0.1) is 0 Å². The number of nitrogens with zero attached hydrogens (tertiary/aromatic N) is 1. The van der Waals surface area contributed by atoms with Crippen LogP contribution in [0.4, 0.5) is 5.82 Å². The predicted octanol–water partition coefficient (Wildman–Crippen LogP) is 0.606. The fourth-order valence-electron chi connectivity index (χ4n) is 1.60. The monoisotopic (exact) mass is 192 g/mol. The van der Waals surface area contributed by atoms with Crippen LogP contribution >= 0.6 is 0 Å². The lowest BCUT2D eigenvalue weighted by molar-refractivity contribution is 0.508. The van der Waals surface area contributed by atoms with Crippen molar-refractivity contribution in [3.63, 3.8) is 0 Å². The Morgan fingerprint density at radius 2 is 2.50 bits per heavy atom. The van der Waals surface area contributed by atoms with E-state index in [2.05, 4.69) is 28.1 Å². The van der Waals surface area contributed by atoms with E-state index in [0.717, 1.165) is 18.9 Å². The van der Waals surface area contributed by atoms with Crippen molar-refractivity contribution in [3.8, 4) is 0 Å². The highest BCUT2D eigenvalue weighted by atomic mass is 15.4. The molecule has 2 heterocycles. The molecule has 0 amide bonds. The molecule has 0 radical (unpaired) electrons. The highest BCUT2D eigenvalue weighted by Gasteiger charge is 2.21. The number of aromatic nitrogens is 1. The first-order chi connectivity index (χ1) is 6.86. The normalized spacial score (nSPS) is 26.4. The van der Waals surface area contributed by atoms with Gasteiger partial charge in [0.1, 0.15) is 5.82 Å². The van der Waals surface area contributed by atoms with E-state index < -0.39 is 0 Å². The second-order valence-electron chi connectivity index (χ2n) is 3.67. The summed E-state index contributed by atoms with van der Waals surface area (Å²) < 4.78 is 0. The van der Waals surface area contributed by atoms with Crippen LogP contribution in [0.15, 0.2) is 24.4 Å². The van der Waals surface area contributed by atoms with E-state index in [4.69, 9.17) is 0 Å². The Hall–Kier alpha value is -1.13. The van der Waals surface area contributed by atoms with Gasteiger partial charge in [0.15, 0.2) is 0 Å². The summed E-state index contributed by atoms with van der Waals surface area (Å²) >= 11 is 0. The quantitative estimate of drug-likeness (QED) is 0.656. The molecule has 4 heteroatoms. The van der Waals surface area contributed by atoms with E-state index in [1.54, 1.807) is 6.20 Å². The van der Waals surface area contributed by atoms with E-state index in [1.165, 1.54) is 0 Å². The molecule has 1 saturated heterocycles. The molecule has 1 aliphatic heterocycles. The third-order valence-electron chi connectivity index (χ3n) is 2.61. The summed E-state index contributed by atoms with van der Waals surface area (Å²) in [4.78, 5) is 4.21. The molecule has 1 aromatic rings. The van der Waals surface area contributed by atoms with Crippen molar-refractivity contribution >= 4 is 5.82 Å². The molecule has 1 fully saturated rings. The summed E-state index contributed by atoms with van der Waals surface area (Å²) in [6.07, 6.45) is 1.80. The van der Waals surface area contributed by atoms with Gasteiger partial charge in [-0.2, -0.15) is 0 Å². The number of pyridine rings is 1. The first kappa shape index (κ1) is 9.43. The van der Waals surface area contributed by atoms with Crippen molar-refractivity contribution in [2.75, 3.05) is 18.4 Å². The molecule has 76 valence electrons. The van der Waals surface area contributed by atoms with Crippen LogP contribution in [0.1, 0.15) is 6.92 Å². The Labute approximate surface area is 84.1 Å². The Kier molecular flexibility index (Phi) is 2.96. The van der Waals surface area contributed by atoms with Gasteiger partial charge in [0, 0.05) is 31.2 Å². The number of hydrogen-bond acceptors (Lipinski definition) is 4. The average Bonchev–Trinajstić information content (AvgIpc) is 2.63. The van der Waals surface area contributed by atoms with E-state index >= 15 is 0 Å². The first-order valence-electron chi connectivity index (χ1n) is 4.99. The summed E-state index contributed by atoms with van der Waals surface area (Å²) in [7, 11) is 0. The van der Waals surface area contributed by atoms with Crippen LogP contribution in [0.2, 0.25) is 0 Å². The molecule has 1 aromatic heterocycles. The highest BCUT2D eigenvalue weighted by Crippen LogP contribution is 2.08. The van der Waals surface area contributed by atoms with Gasteiger partial charge < -0.3 is 5.32 Å². The van der Waals surface area contributed by atoms with E-state index in [-0.39, 0.29) is 0 Å². The minimum Gasteiger partial charge on any atom is -0.370 e. The maximum absolute atomic E-state index is 4.21. The Bertz CT molecular complexity index is 275. The van der Waals surface area contributed by atoms with Gasteiger partial charge in [0.25, 0.3) is 0 Å². The number of anilines is 1. The van der Waals surface area contributed by atoms with Gasteiger partial charge in [0.2, 0.25) is 0 Å². The van der Waals surface area contributed by atoms with Crippen LogP contribution < -0.4 is 16.2 Å². The molecule has 2 unspecified atom stereocenters. The lowest BCUT2D eigenvalue weighted by Gasteiger charge is -2.14. The second kappa shape index (κ2) is 4.39. The number of nitrogens with one attached hydrogen (secondary N) is 3. The molecule has 14 heavy (non-hydrogen) atoms. The van der Waals surface area contributed by atoms with E-state index in [0.29, 0.717) is 12.0 Å².